The van der Waals surface area contributed by atoms with Crippen LogP contribution in [0.4, 0.5) is 0 Å². The summed E-state index contributed by atoms with van der Waals surface area (Å²) < 4.78 is 36.5. The molecule has 0 spiro atoms. The molecule has 1 fully saturated rings. The molecule has 33 heavy (non-hydrogen) atoms. The normalized spacial score (nSPS) is 24.1. The molecule has 0 bridgehead atoms. The first-order valence-electron chi connectivity index (χ1n) is 13.0. The van der Waals surface area contributed by atoms with E-state index in [0.29, 0.717) is 38.8 Å². The van der Waals surface area contributed by atoms with Crippen LogP contribution >= 0.6 is 0 Å². The Labute approximate surface area is 201 Å². The largest absolute Gasteiger partial charge is 0.487 e. The van der Waals surface area contributed by atoms with Gasteiger partial charge in [0, 0.05) is 33.4 Å². The highest BCUT2D eigenvalue weighted by atomic mass is 16.6. The lowest BCUT2D eigenvalue weighted by Crippen LogP contribution is -2.56. The Morgan fingerprint density at radius 2 is 1.36 bits per heavy atom. The molecule has 1 rings (SSSR count). The highest BCUT2D eigenvalue weighted by molar-refractivity contribution is 5.66. The number of unbranched alkanes of at least 4 members (excludes halogenated alkanes) is 4. The van der Waals surface area contributed by atoms with Gasteiger partial charge in [0.15, 0.2) is 6.10 Å². The number of carbonyl (C=O) groups excluding carboxylic acids is 1. The van der Waals surface area contributed by atoms with Gasteiger partial charge in [-0.05, 0) is 31.8 Å². The number of esters is 1. The molecule has 1 saturated heterocycles. The van der Waals surface area contributed by atoms with E-state index in [1.165, 1.54) is 6.92 Å². The molecule has 7 nitrogen and oxygen atoms in total. The third-order valence-corrected chi connectivity index (χ3v) is 5.46. The van der Waals surface area contributed by atoms with Crippen LogP contribution in [0.2, 0.25) is 0 Å². The van der Waals surface area contributed by atoms with Crippen LogP contribution < -0.4 is 0 Å². The fourth-order valence-corrected chi connectivity index (χ4v) is 3.48. The Bertz CT molecular complexity index is 523. The summed E-state index contributed by atoms with van der Waals surface area (Å²) in [5.41, 5.74) is 0. The summed E-state index contributed by atoms with van der Waals surface area (Å²) in [6, 6.07) is 0. The number of hydrogen-bond acceptors (Lipinski definition) is 7. The molecule has 0 N–H and O–H groups in total. The van der Waals surface area contributed by atoms with Gasteiger partial charge in [-0.3, -0.25) is 4.79 Å². The van der Waals surface area contributed by atoms with E-state index in [1.807, 2.05) is 0 Å². The quantitative estimate of drug-likeness (QED) is 0.189. The molecule has 0 aromatic rings. The minimum atomic E-state index is -0.414. The summed E-state index contributed by atoms with van der Waals surface area (Å²) in [7, 11) is 0. The average molecular weight is 473 g/mol. The predicted molar refractivity (Wildman–Crippen MR) is 129 cm³/mol. The molecule has 0 aromatic carbocycles. The van der Waals surface area contributed by atoms with Gasteiger partial charge >= 0.3 is 5.97 Å². The van der Waals surface area contributed by atoms with E-state index in [9.17, 15) is 4.79 Å². The zero-order valence-corrected chi connectivity index (χ0v) is 21.6. The molecule has 194 valence electrons. The summed E-state index contributed by atoms with van der Waals surface area (Å²) in [6.07, 6.45) is 8.53. The second kappa shape index (κ2) is 19.2. The number of carbonyl (C=O) groups is 1. The maximum atomic E-state index is 11.3. The zero-order valence-electron chi connectivity index (χ0n) is 21.6. The number of ether oxygens (including phenoxy) is 6. The Morgan fingerprint density at radius 3 is 1.94 bits per heavy atom. The molecule has 7 heteroatoms. The van der Waals surface area contributed by atoms with Crippen molar-refractivity contribution >= 4 is 5.97 Å². The summed E-state index contributed by atoms with van der Waals surface area (Å²) in [5, 5.41) is 0. The minimum absolute atomic E-state index is 0.130. The van der Waals surface area contributed by atoms with Crippen molar-refractivity contribution in [2.75, 3.05) is 39.6 Å². The molecule has 0 aromatic heterocycles. The van der Waals surface area contributed by atoms with Gasteiger partial charge in [0.25, 0.3) is 0 Å². The SMILES string of the molecule is CCCCOCC1O/C(=C/COC(C)=O)C(OCCCC)C(OCCCC)C1OCCCC. The fourth-order valence-electron chi connectivity index (χ4n) is 3.48. The van der Waals surface area contributed by atoms with Gasteiger partial charge in [0.2, 0.25) is 0 Å². The average Bonchev–Trinajstić information content (AvgIpc) is 2.79. The highest BCUT2D eigenvalue weighted by Crippen LogP contribution is 2.31. The summed E-state index contributed by atoms with van der Waals surface area (Å²) in [4.78, 5) is 11.3. The van der Waals surface area contributed by atoms with Crippen LogP contribution in [0.15, 0.2) is 11.8 Å². The van der Waals surface area contributed by atoms with Crippen LogP contribution in [-0.2, 0) is 33.2 Å². The predicted octanol–water partition coefficient (Wildman–Crippen LogP) is 5.20. The van der Waals surface area contributed by atoms with Gasteiger partial charge in [-0.1, -0.05) is 53.4 Å². The molecule has 1 aliphatic rings. The van der Waals surface area contributed by atoms with Gasteiger partial charge < -0.3 is 28.4 Å². The lowest BCUT2D eigenvalue weighted by molar-refractivity contribution is -0.215. The highest BCUT2D eigenvalue weighted by Gasteiger charge is 2.46. The van der Waals surface area contributed by atoms with Crippen molar-refractivity contribution in [1.29, 1.82) is 0 Å². The summed E-state index contributed by atoms with van der Waals surface area (Å²) >= 11 is 0. The van der Waals surface area contributed by atoms with E-state index in [1.54, 1.807) is 6.08 Å². The molecule has 0 amide bonds. The molecule has 0 aliphatic carbocycles. The van der Waals surface area contributed by atoms with E-state index < -0.39 is 6.10 Å². The second-order valence-corrected chi connectivity index (χ2v) is 8.52. The van der Waals surface area contributed by atoms with Crippen molar-refractivity contribution in [1.82, 2.24) is 0 Å². The van der Waals surface area contributed by atoms with Crippen molar-refractivity contribution in [2.24, 2.45) is 0 Å². The minimum Gasteiger partial charge on any atom is -0.487 e. The van der Waals surface area contributed by atoms with Gasteiger partial charge in [0.1, 0.15) is 30.7 Å². The van der Waals surface area contributed by atoms with Gasteiger partial charge in [-0.2, -0.15) is 0 Å². The standard InChI is InChI=1S/C26H48O7/c1-6-10-15-28-20-23-25(31-17-12-8-3)26(32-18-13-9-4)24(30-16-11-7-2)22(33-23)14-19-29-21(5)27/h14,23-26H,6-13,15-20H2,1-5H3/b22-14+. The number of hydrogen-bond donors (Lipinski definition) is 0. The van der Waals surface area contributed by atoms with E-state index in [2.05, 4.69) is 27.7 Å². The monoisotopic (exact) mass is 472 g/mol. The van der Waals surface area contributed by atoms with Gasteiger partial charge in [-0.15, -0.1) is 0 Å². The first-order chi connectivity index (χ1) is 16.1. The third kappa shape index (κ3) is 12.2. The molecule has 4 unspecified atom stereocenters. The number of rotatable bonds is 19. The topological polar surface area (TPSA) is 72.5 Å². The molecule has 1 heterocycles. The smallest absolute Gasteiger partial charge is 0.302 e. The lowest BCUT2D eigenvalue weighted by Gasteiger charge is -2.43. The van der Waals surface area contributed by atoms with Crippen molar-refractivity contribution in [2.45, 2.75) is 110 Å². The van der Waals surface area contributed by atoms with Gasteiger partial charge in [-0.25, -0.2) is 0 Å². The summed E-state index contributed by atoms with van der Waals surface area (Å²) in [5.74, 6) is 0.301. The fraction of sp³-hybridized carbons (Fsp3) is 0.885. The Kier molecular flexibility index (Phi) is 17.4. The Hall–Kier alpha value is -1.15. The second-order valence-electron chi connectivity index (χ2n) is 8.52. The van der Waals surface area contributed by atoms with Crippen molar-refractivity contribution in [3.63, 3.8) is 0 Å². The lowest BCUT2D eigenvalue weighted by atomic mass is 9.96. The molecule has 0 saturated carbocycles. The van der Waals surface area contributed by atoms with E-state index in [4.69, 9.17) is 28.4 Å². The third-order valence-electron chi connectivity index (χ3n) is 5.46. The molecule has 1 aliphatic heterocycles. The first-order valence-corrected chi connectivity index (χ1v) is 13.0. The molecular formula is C26H48O7. The maximum Gasteiger partial charge on any atom is 0.302 e. The summed E-state index contributed by atoms with van der Waals surface area (Å²) in [6.45, 7) is 13.1. The van der Waals surface area contributed by atoms with Crippen molar-refractivity contribution in [3.8, 4) is 0 Å². The van der Waals surface area contributed by atoms with E-state index in [-0.39, 0.29) is 30.9 Å². The van der Waals surface area contributed by atoms with Crippen LogP contribution in [0.1, 0.15) is 86.0 Å². The van der Waals surface area contributed by atoms with Crippen LogP contribution in [0.3, 0.4) is 0 Å². The molecule has 0 radical (unpaired) electrons. The van der Waals surface area contributed by atoms with Crippen molar-refractivity contribution in [3.05, 3.63) is 11.8 Å². The van der Waals surface area contributed by atoms with Crippen LogP contribution in [0.25, 0.3) is 0 Å². The Balaban J connectivity index is 3.14. The van der Waals surface area contributed by atoms with Gasteiger partial charge in [0.05, 0.1) is 6.61 Å². The zero-order chi connectivity index (χ0) is 24.3. The molecular weight excluding hydrogens is 424 g/mol. The van der Waals surface area contributed by atoms with E-state index in [0.717, 1.165) is 51.4 Å². The maximum absolute atomic E-state index is 11.3. The van der Waals surface area contributed by atoms with E-state index >= 15 is 0 Å². The van der Waals surface area contributed by atoms with Crippen molar-refractivity contribution < 1.29 is 33.2 Å². The van der Waals surface area contributed by atoms with Crippen LogP contribution in [0, 0.1) is 0 Å². The Morgan fingerprint density at radius 1 is 0.818 bits per heavy atom. The van der Waals surface area contributed by atoms with Crippen LogP contribution in [0.5, 0.6) is 0 Å². The van der Waals surface area contributed by atoms with Crippen LogP contribution in [-0.4, -0.2) is 70.0 Å². The molecule has 4 atom stereocenters. The first kappa shape index (κ1) is 29.9.